The summed E-state index contributed by atoms with van der Waals surface area (Å²) in [6.45, 7) is -0.0259. The Hall–Kier alpha value is -0.730. The molecule has 8 heteroatoms. The molecule has 2 aromatic rings. The van der Waals surface area contributed by atoms with Crippen molar-refractivity contribution in [2.24, 2.45) is 0 Å². The number of rotatable bonds is 5. The maximum atomic E-state index is 9.38. The van der Waals surface area contributed by atoms with Gasteiger partial charge in [-0.1, -0.05) is 11.6 Å². The van der Waals surface area contributed by atoms with Crippen molar-refractivity contribution in [3.8, 4) is 0 Å². The lowest BCUT2D eigenvalue weighted by Gasteiger charge is -2.11. The molecule has 0 amide bonds. The summed E-state index contributed by atoms with van der Waals surface area (Å²) in [6.07, 6.45) is 2.26. The van der Waals surface area contributed by atoms with Crippen molar-refractivity contribution in [1.29, 1.82) is 0 Å². The van der Waals surface area contributed by atoms with Crippen molar-refractivity contribution >= 4 is 38.6 Å². The van der Waals surface area contributed by atoms with Crippen LogP contribution in [-0.2, 0) is 11.5 Å². The molecular weight excluding hydrogens is 325 g/mol. The van der Waals surface area contributed by atoms with Crippen LogP contribution in [0.3, 0.4) is 0 Å². The van der Waals surface area contributed by atoms with E-state index in [0.29, 0.717) is 16.2 Å². The number of aliphatic hydroxyl groups is 2. The molecule has 18 heavy (non-hydrogen) atoms. The fourth-order valence-electron chi connectivity index (χ4n) is 1.50. The third kappa shape index (κ3) is 2.81. The number of aliphatic hydroxyl groups excluding tert-OH is 2. The van der Waals surface area contributed by atoms with Crippen molar-refractivity contribution in [2.45, 2.75) is 19.4 Å². The van der Waals surface area contributed by atoms with Gasteiger partial charge in [0.05, 0.1) is 5.39 Å². The second kappa shape index (κ2) is 5.94. The Kier molecular flexibility index (Phi) is 4.52. The van der Waals surface area contributed by atoms with Gasteiger partial charge in [-0.2, -0.15) is 0 Å². The number of hydrogen-bond acceptors (Lipinski definition) is 5. The first-order valence-corrected chi connectivity index (χ1v) is 6.36. The van der Waals surface area contributed by atoms with E-state index < -0.39 is 6.29 Å². The molecule has 0 aliphatic rings. The average Bonchev–Trinajstić information content (AvgIpc) is 2.65. The predicted octanol–water partition coefficient (Wildman–Crippen LogP) is 1.52. The molecule has 2 N–H and O–H groups in total. The van der Waals surface area contributed by atoms with Crippen LogP contribution in [0.1, 0.15) is 6.42 Å². The smallest absolute Gasteiger partial charge is 0.159 e. The summed E-state index contributed by atoms with van der Waals surface area (Å²) in [7, 11) is 0. The molecule has 0 aromatic carbocycles. The van der Waals surface area contributed by atoms with Crippen LogP contribution in [0.2, 0.25) is 5.15 Å². The SMILES string of the molecule is OCCC(O)OCn1cc(Br)c2c(Cl)ncnc21. The Morgan fingerprint density at radius 3 is 3.00 bits per heavy atom. The minimum absolute atomic E-state index is 0.108. The number of fused-ring (bicyclic) bond motifs is 1. The highest BCUT2D eigenvalue weighted by atomic mass is 79.9. The van der Waals surface area contributed by atoms with E-state index in [2.05, 4.69) is 25.9 Å². The van der Waals surface area contributed by atoms with Crippen molar-refractivity contribution in [3.05, 3.63) is 22.1 Å². The highest BCUT2D eigenvalue weighted by Crippen LogP contribution is 2.29. The fourth-order valence-corrected chi connectivity index (χ4v) is 2.46. The second-order valence-corrected chi connectivity index (χ2v) is 4.78. The second-order valence-electron chi connectivity index (χ2n) is 3.57. The van der Waals surface area contributed by atoms with Crippen LogP contribution < -0.4 is 0 Å². The van der Waals surface area contributed by atoms with Gasteiger partial charge in [-0.25, -0.2) is 9.97 Å². The van der Waals surface area contributed by atoms with Gasteiger partial charge in [0.1, 0.15) is 23.9 Å². The van der Waals surface area contributed by atoms with E-state index in [1.807, 2.05) is 0 Å². The number of aromatic nitrogens is 3. The van der Waals surface area contributed by atoms with E-state index in [4.69, 9.17) is 21.4 Å². The van der Waals surface area contributed by atoms with Crippen LogP contribution in [0.5, 0.6) is 0 Å². The molecule has 0 spiro atoms. The third-order valence-electron chi connectivity index (χ3n) is 2.34. The van der Waals surface area contributed by atoms with Gasteiger partial charge in [-0.15, -0.1) is 0 Å². The highest BCUT2D eigenvalue weighted by Gasteiger charge is 2.13. The molecule has 1 atom stereocenters. The molecule has 2 aromatic heterocycles. The standard InChI is InChI=1S/C10H11BrClN3O3/c11-6-3-15(5-18-7(17)1-2-16)10-8(6)9(12)13-4-14-10/h3-4,7,16-17H,1-2,5H2. The number of halogens is 2. The predicted molar refractivity (Wildman–Crippen MR) is 69.0 cm³/mol. The minimum Gasteiger partial charge on any atom is -0.396 e. The first-order valence-electron chi connectivity index (χ1n) is 5.19. The zero-order chi connectivity index (χ0) is 13.1. The van der Waals surface area contributed by atoms with E-state index in [1.165, 1.54) is 6.33 Å². The van der Waals surface area contributed by atoms with Crippen LogP contribution in [0.4, 0.5) is 0 Å². The molecule has 2 heterocycles. The first-order chi connectivity index (χ1) is 8.63. The van der Waals surface area contributed by atoms with Gasteiger partial charge >= 0.3 is 0 Å². The number of nitrogens with zero attached hydrogens (tertiary/aromatic N) is 3. The van der Waals surface area contributed by atoms with Crippen LogP contribution in [-0.4, -0.2) is 37.6 Å². The number of hydrogen-bond donors (Lipinski definition) is 2. The van der Waals surface area contributed by atoms with Crippen LogP contribution in [0.25, 0.3) is 11.0 Å². The maximum absolute atomic E-state index is 9.38. The van der Waals surface area contributed by atoms with Crippen molar-refractivity contribution in [3.63, 3.8) is 0 Å². The van der Waals surface area contributed by atoms with E-state index in [0.717, 1.165) is 4.47 Å². The Labute approximate surface area is 116 Å². The van der Waals surface area contributed by atoms with E-state index >= 15 is 0 Å². The van der Waals surface area contributed by atoms with E-state index in [-0.39, 0.29) is 19.8 Å². The van der Waals surface area contributed by atoms with Gasteiger partial charge in [0, 0.05) is 23.7 Å². The minimum atomic E-state index is -1.01. The summed E-state index contributed by atoms with van der Waals surface area (Å²) >= 11 is 9.33. The quantitative estimate of drug-likeness (QED) is 0.639. The summed E-state index contributed by atoms with van der Waals surface area (Å²) in [5.41, 5.74) is 0.609. The van der Waals surface area contributed by atoms with Crippen LogP contribution in [0, 0.1) is 0 Å². The summed E-state index contributed by atoms with van der Waals surface area (Å²) < 4.78 is 7.61. The fraction of sp³-hybridized carbons (Fsp3) is 0.400. The van der Waals surface area contributed by atoms with Gasteiger partial charge in [-0.05, 0) is 15.9 Å². The summed E-state index contributed by atoms with van der Waals surface area (Å²) in [5.74, 6) is 0. The largest absolute Gasteiger partial charge is 0.396 e. The van der Waals surface area contributed by atoms with Gasteiger partial charge in [-0.3, -0.25) is 0 Å². The Morgan fingerprint density at radius 1 is 1.50 bits per heavy atom. The maximum Gasteiger partial charge on any atom is 0.159 e. The first kappa shape index (κ1) is 13.7. The molecule has 0 fully saturated rings. The monoisotopic (exact) mass is 335 g/mol. The van der Waals surface area contributed by atoms with Crippen LogP contribution in [0.15, 0.2) is 17.0 Å². The Morgan fingerprint density at radius 2 is 2.28 bits per heavy atom. The molecule has 0 saturated heterocycles. The lowest BCUT2D eigenvalue weighted by atomic mass is 10.4. The van der Waals surface area contributed by atoms with E-state index in [1.54, 1.807) is 10.8 Å². The summed E-state index contributed by atoms with van der Waals surface area (Å²) in [5, 5.41) is 19.1. The zero-order valence-electron chi connectivity index (χ0n) is 9.25. The van der Waals surface area contributed by atoms with Gasteiger partial charge in [0.15, 0.2) is 6.29 Å². The molecule has 98 valence electrons. The van der Waals surface area contributed by atoms with Gasteiger partial charge in [0.25, 0.3) is 0 Å². The lowest BCUT2D eigenvalue weighted by Crippen LogP contribution is -2.16. The number of ether oxygens (including phenoxy) is 1. The normalized spacial score (nSPS) is 13.1. The molecule has 6 nitrogen and oxygen atoms in total. The summed E-state index contributed by atoms with van der Waals surface area (Å²) in [6, 6.07) is 0. The molecule has 1 unspecified atom stereocenters. The molecule has 2 rings (SSSR count). The molecule has 0 radical (unpaired) electrons. The molecule has 0 bridgehead atoms. The Bertz CT molecular complexity index is 548. The topological polar surface area (TPSA) is 80.4 Å². The van der Waals surface area contributed by atoms with Crippen LogP contribution >= 0.6 is 27.5 Å². The molecular formula is C10H11BrClN3O3. The average molecular weight is 337 g/mol. The van der Waals surface area contributed by atoms with Crippen molar-refractivity contribution in [1.82, 2.24) is 14.5 Å². The molecule has 0 aliphatic heterocycles. The van der Waals surface area contributed by atoms with Crippen molar-refractivity contribution < 1.29 is 14.9 Å². The molecule has 0 aliphatic carbocycles. The Balaban J connectivity index is 2.22. The highest BCUT2D eigenvalue weighted by molar-refractivity contribution is 9.10. The van der Waals surface area contributed by atoms with Crippen molar-refractivity contribution in [2.75, 3.05) is 6.61 Å². The van der Waals surface area contributed by atoms with Gasteiger partial charge in [0.2, 0.25) is 0 Å². The lowest BCUT2D eigenvalue weighted by molar-refractivity contribution is -0.132. The zero-order valence-corrected chi connectivity index (χ0v) is 11.6. The molecule has 0 saturated carbocycles. The third-order valence-corrected chi connectivity index (χ3v) is 3.23. The summed E-state index contributed by atoms with van der Waals surface area (Å²) in [4.78, 5) is 8.01. The van der Waals surface area contributed by atoms with E-state index in [9.17, 15) is 5.11 Å². The van der Waals surface area contributed by atoms with Gasteiger partial charge < -0.3 is 19.5 Å².